The number of hydrogen-bond donors (Lipinski definition) is 1. The van der Waals surface area contributed by atoms with Crippen LogP contribution in [0.15, 0.2) is 0 Å². The number of hydrogen-bond acceptors (Lipinski definition) is 3. The molecule has 1 aliphatic carbocycles. The van der Waals surface area contributed by atoms with E-state index in [9.17, 15) is 0 Å². The van der Waals surface area contributed by atoms with E-state index >= 15 is 0 Å². The third-order valence-electron chi connectivity index (χ3n) is 4.18. The number of nitrogens with zero attached hydrogens (tertiary/aromatic N) is 1. The van der Waals surface area contributed by atoms with E-state index in [1.165, 1.54) is 38.8 Å². The van der Waals surface area contributed by atoms with Crippen molar-refractivity contribution in [1.82, 2.24) is 10.2 Å². The van der Waals surface area contributed by atoms with E-state index in [0.29, 0.717) is 0 Å². The fourth-order valence-corrected chi connectivity index (χ4v) is 3.29. The number of nitrogens with one attached hydrogen (secondary N) is 1. The number of methoxy groups -OCH3 is 1. The fraction of sp³-hybridized carbons (Fsp3) is 1.00. The van der Waals surface area contributed by atoms with E-state index in [1.54, 1.807) is 7.11 Å². The Kier molecular flexibility index (Phi) is 8.67. The van der Waals surface area contributed by atoms with Gasteiger partial charge in [-0.1, -0.05) is 27.2 Å². The Balaban J connectivity index is 2.32. The monoisotopic (exact) mass is 270 g/mol. The fourth-order valence-electron chi connectivity index (χ4n) is 3.29. The minimum atomic E-state index is 0.741. The van der Waals surface area contributed by atoms with Gasteiger partial charge in [-0.25, -0.2) is 0 Å². The Bertz CT molecular complexity index is 221. The average Bonchev–Trinajstić information content (AvgIpc) is 2.80. The van der Waals surface area contributed by atoms with Crippen LogP contribution in [0.5, 0.6) is 0 Å². The average molecular weight is 270 g/mol. The van der Waals surface area contributed by atoms with Gasteiger partial charge in [0.2, 0.25) is 0 Å². The van der Waals surface area contributed by atoms with Gasteiger partial charge in [0.05, 0.1) is 6.61 Å². The lowest BCUT2D eigenvalue weighted by Gasteiger charge is -2.27. The highest BCUT2D eigenvalue weighted by Crippen LogP contribution is 2.28. The normalized spacial score (nSPS) is 23.7. The Labute approximate surface area is 120 Å². The van der Waals surface area contributed by atoms with Crippen molar-refractivity contribution in [3.05, 3.63) is 0 Å². The second kappa shape index (κ2) is 9.73. The first kappa shape index (κ1) is 16.9. The molecule has 0 spiro atoms. The van der Waals surface area contributed by atoms with Gasteiger partial charge in [-0.15, -0.1) is 0 Å². The molecule has 0 radical (unpaired) electrons. The van der Waals surface area contributed by atoms with Crippen molar-refractivity contribution in [2.75, 3.05) is 39.9 Å². The minimum Gasteiger partial charge on any atom is -0.383 e. The second-order valence-electron chi connectivity index (χ2n) is 6.33. The zero-order chi connectivity index (χ0) is 14.1. The second-order valence-corrected chi connectivity index (χ2v) is 6.33. The standard InChI is InChI=1S/C16H34N2O/c1-5-17-16-8-6-7-15(16)9-10-18(11-12-19-4)13-14(2)3/h14-17H,5-13H2,1-4H3. The maximum absolute atomic E-state index is 5.23. The van der Waals surface area contributed by atoms with E-state index in [-0.39, 0.29) is 0 Å². The van der Waals surface area contributed by atoms with Crippen molar-refractivity contribution in [2.24, 2.45) is 11.8 Å². The molecule has 0 bridgehead atoms. The summed E-state index contributed by atoms with van der Waals surface area (Å²) in [6, 6.07) is 0.772. The molecule has 1 N–H and O–H groups in total. The highest BCUT2D eigenvalue weighted by atomic mass is 16.5. The summed E-state index contributed by atoms with van der Waals surface area (Å²) in [7, 11) is 1.80. The van der Waals surface area contributed by atoms with Crippen molar-refractivity contribution >= 4 is 0 Å². The summed E-state index contributed by atoms with van der Waals surface area (Å²) < 4.78 is 5.23. The van der Waals surface area contributed by atoms with Gasteiger partial charge >= 0.3 is 0 Å². The molecule has 0 heterocycles. The zero-order valence-corrected chi connectivity index (χ0v) is 13.5. The number of rotatable bonds is 10. The number of ether oxygens (including phenoxy) is 1. The lowest BCUT2D eigenvalue weighted by atomic mass is 9.99. The molecule has 0 saturated heterocycles. The summed E-state index contributed by atoms with van der Waals surface area (Å²) in [6.07, 6.45) is 5.54. The third kappa shape index (κ3) is 6.73. The van der Waals surface area contributed by atoms with Crippen LogP contribution in [0.1, 0.15) is 46.5 Å². The molecule has 3 nitrogen and oxygen atoms in total. The quantitative estimate of drug-likeness (QED) is 0.660. The SMILES string of the molecule is CCNC1CCCC1CCN(CCOC)CC(C)C. The van der Waals surface area contributed by atoms with Gasteiger partial charge in [-0.05, 0) is 44.2 Å². The molecule has 0 amide bonds. The van der Waals surface area contributed by atoms with Crippen LogP contribution in [0.2, 0.25) is 0 Å². The summed E-state index contributed by atoms with van der Waals surface area (Å²) in [5.74, 6) is 1.63. The molecule has 0 aromatic carbocycles. The molecule has 1 fully saturated rings. The topological polar surface area (TPSA) is 24.5 Å². The van der Waals surface area contributed by atoms with Gasteiger partial charge in [0.1, 0.15) is 0 Å². The predicted molar refractivity (Wildman–Crippen MR) is 82.6 cm³/mol. The highest BCUT2D eigenvalue weighted by Gasteiger charge is 2.26. The molecule has 0 aromatic heterocycles. The summed E-state index contributed by atoms with van der Waals surface area (Å²) in [5.41, 5.74) is 0. The highest BCUT2D eigenvalue weighted by molar-refractivity contribution is 4.83. The lowest BCUT2D eigenvalue weighted by molar-refractivity contribution is 0.134. The van der Waals surface area contributed by atoms with Crippen molar-refractivity contribution in [3.8, 4) is 0 Å². The third-order valence-corrected chi connectivity index (χ3v) is 4.18. The summed E-state index contributed by atoms with van der Waals surface area (Å²) in [4.78, 5) is 2.58. The predicted octanol–water partition coefficient (Wildman–Crippen LogP) is 2.76. The Morgan fingerprint density at radius 2 is 2.05 bits per heavy atom. The molecule has 1 saturated carbocycles. The molecule has 0 aliphatic heterocycles. The van der Waals surface area contributed by atoms with E-state index in [0.717, 1.165) is 37.6 Å². The molecule has 114 valence electrons. The zero-order valence-electron chi connectivity index (χ0n) is 13.5. The molecule has 0 aromatic rings. The smallest absolute Gasteiger partial charge is 0.0589 e. The van der Waals surface area contributed by atoms with Crippen LogP contribution < -0.4 is 5.32 Å². The first-order chi connectivity index (χ1) is 9.17. The Hall–Kier alpha value is -0.120. The molecule has 2 unspecified atom stereocenters. The van der Waals surface area contributed by atoms with Gasteiger partial charge in [0.15, 0.2) is 0 Å². The van der Waals surface area contributed by atoms with Crippen molar-refractivity contribution in [1.29, 1.82) is 0 Å². The van der Waals surface area contributed by atoms with Crippen LogP contribution in [0.4, 0.5) is 0 Å². The van der Waals surface area contributed by atoms with Crippen LogP contribution >= 0.6 is 0 Å². The largest absolute Gasteiger partial charge is 0.383 e. The minimum absolute atomic E-state index is 0.741. The Morgan fingerprint density at radius 3 is 2.68 bits per heavy atom. The molecule has 19 heavy (non-hydrogen) atoms. The van der Waals surface area contributed by atoms with Crippen LogP contribution in [0.25, 0.3) is 0 Å². The summed E-state index contributed by atoms with van der Waals surface area (Å²) in [6.45, 7) is 12.3. The van der Waals surface area contributed by atoms with Gasteiger partial charge in [0, 0.05) is 26.2 Å². The van der Waals surface area contributed by atoms with E-state index in [1.807, 2.05) is 0 Å². The molecule has 1 aliphatic rings. The van der Waals surface area contributed by atoms with Crippen molar-refractivity contribution in [3.63, 3.8) is 0 Å². The molecule has 1 rings (SSSR count). The first-order valence-corrected chi connectivity index (χ1v) is 8.12. The molecular weight excluding hydrogens is 236 g/mol. The molecule has 2 atom stereocenters. The van der Waals surface area contributed by atoms with E-state index in [2.05, 4.69) is 31.0 Å². The van der Waals surface area contributed by atoms with Gasteiger partial charge in [0.25, 0.3) is 0 Å². The van der Waals surface area contributed by atoms with Crippen molar-refractivity contribution in [2.45, 2.75) is 52.5 Å². The lowest BCUT2D eigenvalue weighted by Crippen LogP contribution is -2.36. The van der Waals surface area contributed by atoms with Crippen LogP contribution in [-0.4, -0.2) is 50.8 Å². The Morgan fingerprint density at radius 1 is 1.26 bits per heavy atom. The van der Waals surface area contributed by atoms with Gasteiger partial charge < -0.3 is 15.0 Å². The van der Waals surface area contributed by atoms with E-state index in [4.69, 9.17) is 4.74 Å². The van der Waals surface area contributed by atoms with E-state index < -0.39 is 0 Å². The van der Waals surface area contributed by atoms with Crippen LogP contribution in [-0.2, 0) is 4.74 Å². The molecular formula is C16H34N2O. The van der Waals surface area contributed by atoms with Gasteiger partial charge in [-0.2, -0.15) is 0 Å². The van der Waals surface area contributed by atoms with Crippen LogP contribution in [0.3, 0.4) is 0 Å². The maximum Gasteiger partial charge on any atom is 0.0589 e. The summed E-state index contributed by atoms with van der Waals surface area (Å²) in [5, 5.41) is 3.66. The molecule has 3 heteroatoms. The van der Waals surface area contributed by atoms with Crippen molar-refractivity contribution < 1.29 is 4.74 Å². The first-order valence-electron chi connectivity index (χ1n) is 8.12. The maximum atomic E-state index is 5.23. The van der Waals surface area contributed by atoms with Gasteiger partial charge in [-0.3, -0.25) is 0 Å². The van der Waals surface area contributed by atoms with Crippen LogP contribution in [0, 0.1) is 11.8 Å². The summed E-state index contributed by atoms with van der Waals surface area (Å²) >= 11 is 0.